The normalized spacial score (nSPS) is 17.9. The summed E-state index contributed by atoms with van der Waals surface area (Å²) in [5, 5.41) is 3.13. The highest BCUT2D eigenvalue weighted by Crippen LogP contribution is 2.10. The first-order valence-corrected chi connectivity index (χ1v) is 5.68. The van der Waals surface area contributed by atoms with Gasteiger partial charge in [-0.15, -0.1) is 0 Å². The second kappa shape index (κ2) is 7.25. The Labute approximate surface area is 85.1 Å². The van der Waals surface area contributed by atoms with E-state index in [4.69, 9.17) is 4.74 Å². The van der Waals surface area contributed by atoms with Gasteiger partial charge in [0.25, 0.3) is 0 Å². The molecule has 0 aromatic rings. The van der Waals surface area contributed by atoms with E-state index in [2.05, 4.69) is 22.4 Å². The van der Waals surface area contributed by atoms with Crippen LogP contribution in [-0.2, 0) is 4.74 Å². The number of ether oxygens (including phenoxy) is 1. The minimum Gasteiger partial charge on any atom is -0.379 e. The summed E-state index contributed by atoms with van der Waals surface area (Å²) in [6.07, 6.45) is 3.49. The van der Waals surface area contributed by atoms with Crippen molar-refractivity contribution in [2.24, 2.45) is 0 Å². The van der Waals surface area contributed by atoms with E-state index >= 15 is 0 Å². The molecule has 2 nitrogen and oxygen atoms in total. The molecule has 1 fully saturated rings. The van der Waals surface area contributed by atoms with Crippen LogP contribution in [-0.4, -0.2) is 30.6 Å². The third-order valence-electron chi connectivity index (χ3n) is 1.87. The first kappa shape index (κ1) is 10.9. The van der Waals surface area contributed by atoms with E-state index in [9.17, 15) is 0 Å². The lowest BCUT2D eigenvalue weighted by molar-refractivity contribution is 0.0777. The molecule has 0 saturated carbocycles. The van der Waals surface area contributed by atoms with Crippen molar-refractivity contribution in [1.29, 1.82) is 0 Å². The summed E-state index contributed by atoms with van der Waals surface area (Å²) in [6.45, 7) is 5.91. The van der Waals surface area contributed by atoms with Gasteiger partial charge in [0.2, 0.25) is 0 Å². The summed E-state index contributed by atoms with van der Waals surface area (Å²) in [7, 11) is 0. The molecule has 1 aliphatic heterocycles. The fraction of sp³-hybridized carbons (Fsp3) is 0.800. The van der Waals surface area contributed by atoms with Crippen LogP contribution in [0.4, 0.5) is 0 Å². The van der Waals surface area contributed by atoms with E-state index in [1.807, 2.05) is 0 Å². The molecule has 0 bridgehead atoms. The lowest BCUT2D eigenvalue weighted by Gasteiger charge is -2.22. The summed E-state index contributed by atoms with van der Waals surface area (Å²) in [5.74, 6) is 3.16. The molecule has 0 spiro atoms. The highest BCUT2D eigenvalue weighted by atomic mass is 32.2. The lowest BCUT2D eigenvalue weighted by Crippen LogP contribution is -2.30. The molecule has 0 unspecified atom stereocenters. The molecule has 13 heavy (non-hydrogen) atoms. The average Bonchev–Trinajstić information content (AvgIpc) is 2.19. The minimum absolute atomic E-state index is 0.851. The zero-order valence-corrected chi connectivity index (χ0v) is 9.03. The molecular weight excluding hydrogens is 182 g/mol. The van der Waals surface area contributed by atoms with E-state index in [1.165, 1.54) is 12.8 Å². The van der Waals surface area contributed by atoms with Crippen molar-refractivity contribution in [1.82, 2.24) is 4.31 Å². The van der Waals surface area contributed by atoms with Gasteiger partial charge in [0.05, 0.1) is 13.2 Å². The van der Waals surface area contributed by atoms with Crippen LogP contribution < -0.4 is 0 Å². The number of nitrogens with zero attached hydrogens (tertiary/aromatic N) is 1. The summed E-state index contributed by atoms with van der Waals surface area (Å²) < 4.78 is 7.51. The van der Waals surface area contributed by atoms with Gasteiger partial charge >= 0.3 is 0 Å². The summed E-state index contributed by atoms with van der Waals surface area (Å²) >= 11 is 1.64. The Balaban J connectivity index is 2.04. The molecule has 0 aromatic heterocycles. The third-order valence-corrected chi connectivity index (χ3v) is 2.73. The van der Waals surface area contributed by atoms with Gasteiger partial charge in [-0.1, -0.05) is 19.3 Å². The standard InChI is InChI=1S/C10H17NOS/c1-2-3-4-5-10-13-11-6-8-12-9-7-11/h2-4,6-9H2,1H3. The van der Waals surface area contributed by atoms with E-state index < -0.39 is 0 Å². The molecule has 0 aliphatic carbocycles. The quantitative estimate of drug-likeness (QED) is 0.392. The van der Waals surface area contributed by atoms with Crippen molar-refractivity contribution >= 4 is 11.9 Å². The van der Waals surface area contributed by atoms with Gasteiger partial charge in [0.1, 0.15) is 0 Å². The SMILES string of the molecule is CCCCC#CSN1CCOCC1. The Hall–Kier alpha value is -0.170. The second-order valence-corrected chi connectivity index (χ2v) is 3.92. The molecule has 0 amide bonds. The predicted octanol–water partition coefficient (Wildman–Crippen LogP) is 2.12. The molecule has 0 N–H and O–H groups in total. The second-order valence-electron chi connectivity index (χ2n) is 3.02. The van der Waals surface area contributed by atoms with E-state index in [0.29, 0.717) is 0 Å². The maximum absolute atomic E-state index is 5.24. The first-order valence-electron chi connectivity index (χ1n) is 4.91. The fourth-order valence-electron chi connectivity index (χ4n) is 1.05. The van der Waals surface area contributed by atoms with Crippen LogP contribution in [0.15, 0.2) is 0 Å². The number of morpholine rings is 1. The number of hydrogen-bond donors (Lipinski definition) is 0. The lowest BCUT2D eigenvalue weighted by atomic mass is 10.3. The van der Waals surface area contributed by atoms with Crippen molar-refractivity contribution in [3.63, 3.8) is 0 Å². The van der Waals surface area contributed by atoms with E-state index in [1.54, 1.807) is 11.9 Å². The highest BCUT2D eigenvalue weighted by molar-refractivity contribution is 8.01. The Bertz CT molecular complexity index is 179. The van der Waals surface area contributed by atoms with Crippen molar-refractivity contribution < 1.29 is 4.74 Å². The molecule has 1 saturated heterocycles. The zero-order chi connectivity index (χ0) is 9.36. The van der Waals surface area contributed by atoms with Gasteiger partial charge in [0.15, 0.2) is 0 Å². The highest BCUT2D eigenvalue weighted by Gasteiger charge is 2.08. The maximum Gasteiger partial charge on any atom is 0.0603 e. The van der Waals surface area contributed by atoms with Crippen LogP contribution in [0.2, 0.25) is 0 Å². The van der Waals surface area contributed by atoms with Gasteiger partial charge in [-0.25, -0.2) is 4.31 Å². The van der Waals surface area contributed by atoms with Crippen LogP contribution in [0, 0.1) is 11.2 Å². The minimum atomic E-state index is 0.851. The first-order chi connectivity index (χ1) is 6.43. The molecule has 3 heteroatoms. The molecule has 1 heterocycles. The van der Waals surface area contributed by atoms with Gasteiger partial charge < -0.3 is 4.74 Å². The third kappa shape index (κ3) is 5.20. The largest absolute Gasteiger partial charge is 0.379 e. The maximum atomic E-state index is 5.24. The Morgan fingerprint density at radius 2 is 2.15 bits per heavy atom. The zero-order valence-electron chi connectivity index (χ0n) is 8.21. The van der Waals surface area contributed by atoms with Crippen molar-refractivity contribution in [3.05, 3.63) is 0 Å². The smallest absolute Gasteiger partial charge is 0.0603 e. The van der Waals surface area contributed by atoms with Crippen LogP contribution in [0.1, 0.15) is 26.2 Å². The summed E-state index contributed by atoms with van der Waals surface area (Å²) in [5.41, 5.74) is 0. The molecule has 1 aliphatic rings. The van der Waals surface area contributed by atoms with E-state index in [-0.39, 0.29) is 0 Å². The summed E-state index contributed by atoms with van der Waals surface area (Å²) in [4.78, 5) is 0. The Morgan fingerprint density at radius 1 is 1.38 bits per heavy atom. The molecule has 74 valence electrons. The summed E-state index contributed by atoms with van der Waals surface area (Å²) in [6, 6.07) is 0. The van der Waals surface area contributed by atoms with E-state index in [0.717, 1.165) is 32.7 Å². The molecule has 0 aromatic carbocycles. The molecule has 1 rings (SSSR count). The topological polar surface area (TPSA) is 12.5 Å². The Morgan fingerprint density at radius 3 is 2.85 bits per heavy atom. The molecular formula is C10H17NOS. The van der Waals surface area contributed by atoms with Crippen molar-refractivity contribution in [2.75, 3.05) is 26.3 Å². The van der Waals surface area contributed by atoms with Gasteiger partial charge in [0, 0.05) is 31.5 Å². The van der Waals surface area contributed by atoms with Crippen molar-refractivity contribution in [3.8, 4) is 11.2 Å². The molecule has 0 atom stereocenters. The van der Waals surface area contributed by atoms with Gasteiger partial charge in [-0.05, 0) is 11.7 Å². The van der Waals surface area contributed by atoms with Crippen molar-refractivity contribution in [2.45, 2.75) is 26.2 Å². The van der Waals surface area contributed by atoms with Gasteiger partial charge in [-0.2, -0.15) is 0 Å². The predicted molar refractivity (Wildman–Crippen MR) is 57.3 cm³/mol. The Kier molecular flexibility index (Phi) is 6.09. The number of rotatable bonds is 3. The van der Waals surface area contributed by atoms with Gasteiger partial charge in [-0.3, -0.25) is 0 Å². The van der Waals surface area contributed by atoms with Crippen LogP contribution in [0.3, 0.4) is 0 Å². The number of unbranched alkanes of at least 4 members (excludes halogenated alkanes) is 2. The fourth-order valence-corrected chi connectivity index (χ4v) is 1.68. The average molecular weight is 199 g/mol. The van der Waals surface area contributed by atoms with Crippen LogP contribution >= 0.6 is 11.9 Å². The number of hydrogen-bond acceptors (Lipinski definition) is 3. The van der Waals surface area contributed by atoms with Crippen LogP contribution in [0.5, 0.6) is 0 Å². The van der Waals surface area contributed by atoms with Crippen LogP contribution in [0.25, 0.3) is 0 Å². The molecule has 0 radical (unpaired) electrons. The monoisotopic (exact) mass is 199 g/mol.